The lowest BCUT2D eigenvalue weighted by Crippen LogP contribution is -2.35. The van der Waals surface area contributed by atoms with E-state index in [0.29, 0.717) is 11.8 Å². The van der Waals surface area contributed by atoms with Gasteiger partial charge in [0.2, 0.25) is 5.91 Å². The third-order valence-corrected chi connectivity index (χ3v) is 5.13. The van der Waals surface area contributed by atoms with Gasteiger partial charge in [0.15, 0.2) is 0 Å². The molecule has 1 saturated carbocycles. The van der Waals surface area contributed by atoms with Crippen LogP contribution in [0.2, 0.25) is 0 Å². The van der Waals surface area contributed by atoms with Crippen molar-refractivity contribution in [1.29, 1.82) is 0 Å². The molecule has 3 heteroatoms. The van der Waals surface area contributed by atoms with Gasteiger partial charge in [-0.2, -0.15) is 0 Å². The fourth-order valence-corrected chi connectivity index (χ4v) is 3.81. The van der Waals surface area contributed by atoms with Crippen molar-refractivity contribution in [1.82, 2.24) is 9.80 Å². The number of benzene rings is 1. The lowest BCUT2D eigenvalue weighted by molar-refractivity contribution is -0.132. The van der Waals surface area contributed by atoms with Crippen molar-refractivity contribution < 1.29 is 4.79 Å². The Kier molecular flexibility index (Phi) is 5.49. The summed E-state index contributed by atoms with van der Waals surface area (Å²) < 4.78 is 0. The van der Waals surface area contributed by atoms with Crippen LogP contribution in [0.25, 0.3) is 0 Å². The molecule has 1 aromatic rings. The van der Waals surface area contributed by atoms with Crippen LogP contribution in [0, 0.1) is 5.92 Å². The molecule has 0 unspecified atom stereocenters. The molecular formula is C19H28N2O. The highest BCUT2D eigenvalue weighted by molar-refractivity contribution is 5.76. The number of hydrogen-bond donors (Lipinski definition) is 0. The molecule has 0 atom stereocenters. The monoisotopic (exact) mass is 300 g/mol. The average Bonchev–Trinajstić information content (AvgIpc) is 2.93. The topological polar surface area (TPSA) is 23.6 Å². The highest BCUT2D eigenvalue weighted by atomic mass is 16.2. The smallest absolute Gasteiger partial charge is 0.222 e. The van der Waals surface area contributed by atoms with E-state index in [1.54, 1.807) is 0 Å². The maximum absolute atomic E-state index is 12.5. The van der Waals surface area contributed by atoms with E-state index >= 15 is 0 Å². The second-order valence-electron chi connectivity index (χ2n) is 6.85. The van der Waals surface area contributed by atoms with Crippen LogP contribution in [0.1, 0.15) is 44.1 Å². The van der Waals surface area contributed by atoms with E-state index in [2.05, 4.69) is 40.1 Å². The fourth-order valence-electron chi connectivity index (χ4n) is 3.81. The van der Waals surface area contributed by atoms with Crippen molar-refractivity contribution in [2.24, 2.45) is 5.92 Å². The Morgan fingerprint density at radius 2 is 1.73 bits per heavy atom. The Hall–Kier alpha value is -1.35. The first-order chi connectivity index (χ1) is 10.8. The molecule has 0 aromatic heterocycles. The minimum atomic E-state index is 0.397. The minimum absolute atomic E-state index is 0.397. The van der Waals surface area contributed by atoms with Gasteiger partial charge in [-0.1, -0.05) is 43.2 Å². The van der Waals surface area contributed by atoms with Crippen LogP contribution in [-0.4, -0.2) is 41.9 Å². The van der Waals surface area contributed by atoms with Gasteiger partial charge in [0.1, 0.15) is 0 Å². The summed E-state index contributed by atoms with van der Waals surface area (Å²) in [7, 11) is 0. The molecule has 2 fully saturated rings. The SMILES string of the molecule is O=C(CC1CCCC1)N1CCCN(Cc2ccccc2)CC1. The van der Waals surface area contributed by atoms with Crippen LogP contribution in [-0.2, 0) is 11.3 Å². The molecule has 3 nitrogen and oxygen atoms in total. The summed E-state index contributed by atoms with van der Waals surface area (Å²) in [6.45, 7) is 4.95. The van der Waals surface area contributed by atoms with E-state index in [-0.39, 0.29) is 0 Å². The Bertz CT molecular complexity index is 468. The molecule has 2 aliphatic rings. The van der Waals surface area contributed by atoms with E-state index < -0.39 is 0 Å². The highest BCUT2D eigenvalue weighted by Gasteiger charge is 2.23. The Balaban J connectivity index is 1.47. The zero-order valence-corrected chi connectivity index (χ0v) is 13.5. The van der Waals surface area contributed by atoms with Crippen LogP contribution in [0.4, 0.5) is 0 Å². The number of rotatable bonds is 4. The quantitative estimate of drug-likeness (QED) is 0.852. The third-order valence-electron chi connectivity index (χ3n) is 5.13. The summed E-state index contributed by atoms with van der Waals surface area (Å²) >= 11 is 0. The number of hydrogen-bond acceptors (Lipinski definition) is 2. The van der Waals surface area contributed by atoms with Gasteiger partial charge in [-0.3, -0.25) is 9.69 Å². The zero-order valence-electron chi connectivity index (χ0n) is 13.5. The largest absolute Gasteiger partial charge is 0.341 e. The molecule has 0 radical (unpaired) electrons. The van der Waals surface area contributed by atoms with Gasteiger partial charge >= 0.3 is 0 Å². The second kappa shape index (κ2) is 7.77. The predicted octanol–water partition coefficient (Wildman–Crippen LogP) is 3.30. The number of nitrogens with zero attached hydrogens (tertiary/aromatic N) is 2. The molecule has 120 valence electrons. The van der Waals surface area contributed by atoms with Crippen LogP contribution in [0.5, 0.6) is 0 Å². The number of amides is 1. The maximum Gasteiger partial charge on any atom is 0.222 e. The van der Waals surface area contributed by atoms with Crippen molar-refractivity contribution in [3.05, 3.63) is 35.9 Å². The van der Waals surface area contributed by atoms with Gasteiger partial charge in [0.25, 0.3) is 0 Å². The molecule has 0 bridgehead atoms. The zero-order chi connectivity index (χ0) is 15.2. The van der Waals surface area contributed by atoms with Crippen LogP contribution in [0.15, 0.2) is 30.3 Å². The second-order valence-corrected chi connectivity index (χ2v) is 6.85. The molecule has 3 rings (SSSR count). The van der Waals surface area contributed by atoms with E-state index in [9.17, 15) is 4.79 Å². The first kappa shape index (κ1) is 15.5. The van der Waals surface area contributed by atoms with E-state index in [0.717, 1.165) is 45.6 Å². The summed E-state index contributed by atoms with van der Waals surface area (Å²) in [6.07, 6.45) is 7.06. The Labute approximate surface area is 134 Å². The van der Waals surface area contributed by atoms with Crippen molar-refractivity contribution in [2.45, 2.75) is 45.1 Å². The molecule has 0 spiro atoms. The lowest BCUT2D eigenvalue weighted by atomic mass is 10.0. The van der Waals surface area contributed by atoms with Crippen LogP contribution in [0.3, 0.4) is 0 Å². The summed E-state index contributed by atoms with van der Waals surface area (Å²) in [5.74, 6) is 1.06. The first-order valence-corrected chi connectivity index (χ1v) is 8.85. The third kappa shape index (κ3) is 4.33. The van der Waals surface area contributed by atoms with E-state index in [4.69, 9.17) is 0 Å². The van der Waals surface area contributed by atoms with E-state index in [1.807, 2.05) is 0 Å². The average molecular weight is 300 g/mol. The van der Waals surface area contributed by atoms with Crippen molar-refractivity contribution >= 4 is 5.91 Å². The minimum Gasteiger partial charge on any atom is -0.341 e. The van der Waals surface area contributed by atoms with Crippen LogP contribution < -0.4 is 0 Å². The summed E-state index contributed by atoms with van der Waals surface area (Å²) in [5.41, 5.74) is 1.37. The molecule has 0 N–H and O–H groups in total. The molecule has 1 amide bonds. The normalized spacial score (nSPS) is 21.0. The summed E-state index contributed by atoms with van der Waals surface area (Å²) in [6, 6.07) is 10.6. The maximum atomic E-state index is 12.5. The molecule has 22 heavy (non-hydrogen) atoms. The van der Waals surface area contributed by atoms with Gasteiger partial charge in [-0.25, -0.2) is 0 Å². The Morgan fingerprint density at radius 1 is 0.955 bits per heavy atom. The highest BCUT2D eigenvalue weighted by Crippen LogP contribution is 2.28. The molecule has 1 saturated heterocycles. The Morgan fingerprint density at radius 3 is 2.50 bits per heavy atom. The molecule has 1 aromatic carbocycles. The standard InChI is InChI=1S/C19H28N2O/c22-19(15-17-7-4-5-8-17)21-12-6-11-20(13-14-21)16-18-9-2-1-3-10-18/h1-3,9-10,17H,4-8,11-16H2. The summed E-state index contributed by atoms with van der Waals surface area (Å²) in [4.78, 5) is 17.1. The van der Waals surface area contributed by atoms with Crippen molar-refractivity contribution in [3.8, 4) is 0 Å². The molecule has 1 aliphatic heterocycles. The lowest BCUT2D eigenvalue weighted by Gasteiger charge is -2.23. The van der Waals surface area contributed by atoms with E-state index in [1.165, 1.54) is 31.2 Å². The number of carbonyl (C=O) groups is 1. The fraction of sp³-hybridized carbons (Fsp3) is 0.632. The number of carbonyl (C=O) groups excluding carboxylic acids is 1. The predicted molar refractivity (Wildman–Crippen MR) is 89.5 cm³/mol. The van der Waals surface area contributed by atoms with Crippen molar-refractivity contribution in [3.63, 3.8) is 0 Å². The molecule has 1 aliphatic carbocycles. The molecular weight excluding hydrogens is 272 g/mol. The van der Waals surface area contributed by atoms with Crippen LogP contribution >= 0.6 is 0 Å². The van der Waals surface area contributed by atoms with Gasteiger partial charge in [-0.15, -0.1) is 0 Å². The molecule has 1 heterocycles. The first-order valence-electron chi connectivity index (χ1n) is 8.85. The van der Waals surface area contributed by atoms with Gasteiger partial charge in [-0.05, 0) is 30.7 Å². The summed E-state index contributed by atoms with van der Waals surface area (Å²) in [5, 5.41) is 0. The van der Waals surface area contributed by atoms with Gasteiger partial charge in [0, 0.05) is 39.1 Å². The van der Waals surface area contributed by atoms with Crippen molar-refractivity contribution in [2.75, 3.05) is 26.2 Å². The van der Waals surface area contributed by atoms with Gasteiger partial charge < -0.3 is 4.90 Å². The van der Waals surface area contributed by atoms with Gasteiger partial charge in [0.05, 0.1) is 0 Å².